The zero-order valence-corrected chi connectivity index (χ0v) is 27.9. The van der Waals surface area contributed by atoms with Crippen LogP contribution in [0, 0.1) is 17.7 Å². The Labute approximate surface area is 273 Å². The fourth-order valence-electron chi connectivity index (χ4n) is 6.75. The van der Waals surface area contributed by atoms with E-state index in [1.54, 1.807) is 19.2 Å². The van der Waals surface area contributed by atoms with Crippen molar-refractivity contribution in [3.63, 3.8) is 0 Å². The highest BCUT2D eigenvalue weighted by molar-refractivity contribution is 6.30. The Balaban J connectivity index is 0.000000246. The Hall–Kier alpha value is -2.27. The van der Waals surface area contributed by atoms with Gasteiger partial charge in [0, 0.05) is 57.1 Å². The van der Waals surface area contributed by atoms with Gasteiger partial charge in [0.05, 0.1) is 18.3 Å². The molecule has 0 bridgehead atoms. The smallest absolute Gasteiger partial charge is 0.216 e. The predicted octanol–water partition coefficient (Wildman–Crippen LogP) is 5.28. The molecule has 5 N–H and O–H groups in total. The predicted molar refractivity (Wildman–Crippen MR) is 177 cm³/mol. The molecule has 2 saturated heterocycles. The zero-order chi connectivity index (χ0) is 32.7. The first kappa shape index (κ1) is 37.2. The molecular formula is C35H53ClFN3O5. The molecule has 2 fully saturated rings. The molecule has 0 unspecified atom stereocenters. The van der Waals surface area contributed by atoms with E-state index in [1.165, 1.54) is 20.1 Å². The number of hydrogen-bond donors (Lipinski definition) is 5. The minimum Gasteiger partial charge on any atom is -0.496 e. The summed E-state index contributed by atoms with van der Waals surface area (Å²) in [6.45, 7) is 6.19. The summed E-state index contributed by atoms with van der Waals surface area (Å²) >= 11 is 6.11. The van der Waals surface area contributed by atoms with Crippen LogP contribution in [0.3, 0.4) is 0 Å². The van der Waals surface area contributed by atoms with Gasteiger partial charge in [-0.1, -0.05) is 29.8 Å². The van der Waals surface area contributed by atoms with Crippen LogP contribution in [0.15, 0.2) is 42.5 Å². The van der Waals surface area contributed by atoms with Crippen molar-refractivity contribution in [3.8, 4) is 5.75 Å². The summed E-state index contributed by atoms with van der Waals surface area (Å²) in [4.78, 5) is 11.0. The van der Waals surface area contributed by atoms with Crippen LogP contribution in [0.2, 0.25) is 5.02 Å². The van der Waals surface area contributed by atoms with Crippen LogP contribution < -0.4 is 20.7 Å². The highest BCUT2D eigenvalue weighted by Crippen LogP contribution is 2.43. The van der Waals surface area contributed by atoms with Crippen LogP contribution in [-0.2, 0) is 20.7 Å². The van der Waals surface area contributed by atoms with Gasteiger partial charge in [-0.15, -0.1) is 0 Å². The molecule has 0 radical (unpaired) electrons. The summed E-state index contributed by atoms with van der Waals surface area (Å²) < 4.78 is 25.0. The summed E-state index contributed by atoms with van der Waals surface area (Å²) in [6.07, 6.45) is 7.40. The number of benzene rings is 2. The number of methoxy groups -OCH3 is 2. The maximum Gasteiger partial charge on any atom is 0.216 e. The first-order valence-electron chi connectivity index (χ1n) is 16.3. The van der Waals surface area contributed by atoms with Gasteiger partial charge in [-0.05, 0) is 101 Å². The standard InChI is InChI=1S/C18H28FNO3.C17H25ClN2O2/c1-22-12-4-3-10-18(21,14-7-6-11-20-13-14)17-15(19)8-5-9-16(17)23-2;1-13(21)20-10-4-8-17(22,15-6-3-9-19-12-15)14-5-2-7-16(18)11-14/h5,8-9,14,20-21H,3-4,6-7,10-13H2,1-2H3;2,5,7,11,15,19,22H,3-4,6,8-10,12H2,1H3,(H,20,21)/t14-,18+;15-,17-/m11/s1. The Kier molecular flexibility index (Phi) is 15.5. The van der Waals surface area contributed by atoms with Gasteiger partial charge in [0.15, 0.2) is 0 Å². The molecule has 2 aliphatic rings. The van der Waals surface area contributed by atoms with Gasteiger partial charge < -0.3 is 35.6 Å². The number of ether oxygens (including phenoxy) is 2. The van der Waals surface area contributed by atoms with E-state index in [1.807, 2.05) is 24.3 Å². The van der Waals surface area contributed by atoms with Crippen LogP contribution in [0.5, 0.6) is 5.75 Å². The minimum absolute atomic E-state index is 0.0235. The second kappa shape index (κ2) is 18.8. The molecule has 252 valence electrons. The molecule has 0 spiro atoms. The molecule has 45 heavy (non-hydrogen) atoms. The quantitative estimate of drug-likeness (QED) is 0.177. The lowest BCUT2D eigenvalue weighted by atomic mass is 9.74. The highest BCUT2D eigenvalue weighted by Gasteiger charge is 2.42. The van der Waals surface area contributed by atoms with Gasteiger partial charge in [-0.3, -0.25) is 4.79 Å². The fraction of sp³-hybridized carbons (Fsp3) is 0.629. The van der Waals surface area contributed by atoms with Crippen LogP contribution in [-0.4, -0.2) is 69.7 Å². The Morgan fingerprint density at radius 3 is 2.20 bits per heavy atom. The molecule has 0 aliphatic carbocycles. The molecule has 0 aromatic heterocycles. The number of carbonyl (C=O) groups is 1. The number of unbranched alkanes of at least 4 members (excludes halogenated alkanes) is 1. The fourth-order valence-corrected chi connectivity index (χ4v) is 6.94. The number of amides is 1. The van der Waals surface area contributed by atoms with E-state index < -0.39 is 17.0 Å². The van der Waals surface area contributed by atoms with Gasteiger partial charge in [0.25, 0.3) is 0 Å². The minimum atomic E-state index is -1.22. The van der Waals surface area contributed by atoms with Crippen molar-refractivity contribution in [1.29, 1.82) is 0 Å². The summed E-state index contributed by atoms with van der Waals surface area (Å²) in [5.74, 6) is 0.126. The topological polar surface area (TPSA) is 112 Å². The molecule has 8 nitrogen and oxygen atoms in total. The van der Waals surface area contributed by atoms with Gasteiger partial charge in [0.1, 0.15) is 17.2 Å². The summed E-state index contributed by atoms with van der Waals surface area (Å²) in [5.41, 5.74) is -0.959. The molecule has 0 saturated carbocycles. The van der Waals surface area contributed by atoms with E-state index in [0.29, 0.717) is 48.9 Å². The summed E-state index contributed by atoms with van der Waals surface area (Å²) in [6, 6.07) is 12.2. The second-order valence-electron chi connectivity index (χ2n) is 12.3. The number of nitrogens with one attached hydrogen (secondary N) is 3. The molecule has 4 atom stereocenters. The molecule has 2 heterocycles. The lowest BCUT2D eigenvalue weighted by Crippen LogP contribution is -2.45. The molecular weight excluding hydrogens is 597 g/mol. The van der Waals surface area contributed by atoms with Crippen molar-refractivity contribution in [1.82, 2.24) is 16.0 Å². The number of aliphatic hydroxyl groups is 2. The van der Waals surface area contributed by atoms with Crippen molar-refractivity contribution in [2.45, 2.75) is 75.9 Å². The SMILES string of the molecule is CC(=O)NCCC[C@@](O)(c1cccc(Cl)c1)[C@@H]1CCCNC1.COCCCC[C@@](O)(c1c(F)cccc1OC)[C@@H]1CCCNC1. The van der Waals surface area contributed by atoms with E-state index in [9.17, 15) is 19.4 Å². The number of hydrogen-bond acceptors (Lipinski definition) is 7. The molecule has 2 aromatic rings. The van der Waals surface area contributed by atoms with Gasteiger partial charge in [-0.25, -0.2) is 4.39 Å². The summed E-state index contributed by atoms with van der Waals surface area (Å²) in [7, 11) is 3.18. The largest absolute Gasteiger partial charge is 0.496 e. The zero-order valence-electron chi connectivity index (χ0n) is 27.2. The van der Waals surface area contributed by atoms with E-state index in [0.717, 1.165) is 70.1 Å². The molecule has 2 aliphatic heterocycles. The van der Waals surface area contributed by atoms with Gasteiger partial charge in [-0.2, -0.15) is 0 Å². The third kappa shape index (κ3) is 10.6. The molecule has 2 aromatic carbocycles. The maximum atomic E-state index is 14.6. The van der Waals surface area contributed by atoms with Crippen molar-refractivity contribution >= 4 is 17.5 Å². The molecule has 1 amide bonds. The summed E-state index contributed by atoms with van der Waals surface area (Å²) in [5, 5.41) is 33.0. The normalized spacial score (nSPS) is 21.0. The molecule has 10 heteroatoms. The maximum absolute atomic E-state index is 14.6. The number of halogens is 2. The first-order valence-corrected chi connectivity index (χ1v) is 16.7. The lowest BCUT2D eigenvalue weighted by molar-refractivity contribution is -0.119. The van der Waals surface area contributed by atoms with Gasteiger partial charge >= 0.3 is 0 Å². The van der Waals surface area contributed by atoms with Crippen molar-refractivity contribution in [2.75, 3.05) is 53.6 Å². The monoisotopic (exact) mass is 649 g/mol. The average Bonchev–Trinajstić information content (AvgIpc) is 3.06. The third-order valence-corrected chi connectivity index (χ3v) is 9.40. The Bertz CT molecular complexity index is 1180. The van der Waals surface area contributed by atoms with E-state index in [4.69, 9.17) is 21.1 Å². The van der Waals surface area contributed by atoms with Gasteiger partial charge in [0.2, 0.25) is 5.91 Å². The Morgan fingerprint density at radius 1 is 0.978 bits per heavy atom. The van der Waals surface area contributed by atoms with Crippen molar-refractivity contribution in [2.24, 2.45) is 11.8 Å². The number of carbonyl (C=O) groups excluding carboxylic acids is 1. The third-order valence-electron chi connectivity index (χ3n) is 9.16. The van der Waals surface area contributed by atoms with E-state index >= 15 is 0 Å². The van der Waals surface area contributed by atoms with Crippen LogP contribution >= 0.6 is 11.6 Å². The Morgan fingerprint density at radius 2 is 1.62 bits per heavy atom. The molecule has 4 rings (SSSR count). The average molecular weight is 650 g/mol. The van der Waals surface area contributed by atoms with Crippen LogP contribution in [0.4, 0.5) is 4.39 Å². The number of rotatable bonds is 14. The second-order valence-corrected chi connectivity index (χ2v) is 12.7. The van der Waals surface area contributed by atoms with E-state index in [-0.39, 0.29) is 17.7 Å². The lowest BCUT2D eigenvalue weighted by Gasteiger charge is -2.40. The number of piperidine rings is 2. The van der Waals surface area contributed by atoms with Crippen molar-refractivity contribution in [3.05, 3.63) is 64.4 Å². The van der Waals surface area contributed by atoms with Crippen LogP contribution in [0.25, 0.3) is 0 Å². The van der Waals surface area contributed by atoms with Crippen LogP contribution in [0.1, 0.15) is 75.8 Å². The van der Waals surface area contributed by atoms with E-state index in [2.05, 4.69) is 16.0 Å². The van der Waals surface area contributed by atoms with Crippen molar-refractivity contribution < 1.29 is 28.9 Å². The highest BCUT2D eigenvalue weighted by atomic mass is 35.5. The first-order chi connectivity index (χ1) is 21.7.